The number of amides is 2. The maximum Gasteiger partial charge on any atom is 0.355 e. The van der Waals surface area contributed by atoms with Crippen molar-refractivity contribution in [2.45, 2.75) is 93.3 Å². The zero-order chi connectivity index (χ0) is 29.5. The Bertz CT molecular complexity index is 1320. The first kappa shape index (κ1) is 27.6. The molecule has 5 aliphatic rings. The van der Waals surface area contributed by atoms with E-state index in [1.54, 1.807) is 19.9 Å². The molecule has 220 valence electrons. The maximum atomic E-state index is 13.4. The molecule has 5 fully saturated rings. The molecule has 4 aliphatic heterocycles. The van der Waals surface area contributed by atoms with Gasteiger partial charge in [0.2, 0.25) is 5.79 Å². The number of carbonyl (C=O) groups is 2. The van der Waals surface area contributed by atoms with Crippen LogP contribution >= 0.6 is 0 Å². The third kappa shape index (κ3) is 2.36. The number of nitrogens with one attached hydrogen (secondary N) is 3. The number of aromatic amines is 1. The lowest BCUT2D eigenvalue weighted by Crippen LogP contribution is -2.97. The van der Waals surface area contributed by atoms with Gasteiger partial charge in [-0.3, -0.25) is 5.43 Å². The summed E-state index contributed by atoms with van der Waals surface area (Å²) in [5, 5.41) is 62.3. The minimum absolute atomic E-state index is 0.0160. The van der Waals surface area contributed by atoms with Crippen LogP contribution in [0.2, 0.25) is 0 Å². The molecular formula is C26H36N4O10. The van der Waals surface area contributed by atoms with Crippen LogP contribution in [-0.4, -0.2) is 88.8 Å². The van der Waals surface area contributed by atoms with Gasteiger partial charge in [-0.05, 0) is 43.4 Å². The average Bonchev–Trinajstić information content (AvgIpc) is 3.44. The van der Waals surface area contributed by atoms with Gasteiger partial charge in [0.1, 0.15) is 28.4 Å². The maximum absolute atomic E-state index is 13.4. The molecule has 6 rings (SSSR count). The first-order chi connectivity index (χ1) is 18.4. The Morgan fingerprint density at radius 3 is 2.48 bits per heavy atom. The fourth-order valence-corrected chi connectivity index (χ4v) is 8.91. The van der Waals surface area contributed by atoms with Crippen molar-refractivity contribution in [2.24, 2.45) is 22.5 Å². The first-order valence-electron chi connectivity index (χ1n) is 13.2. The summed E-state index contributed by atoms with van der Waals surface area (Å²) in [7, 11) is 0. The molecule has 5 bridgehead atoms. The molecule has 1 aliphatic carbocycles. The van der Waals surface area contributed by atoms with Gasteiger partial charge in [-0.1, -0.05) is 27.4 Å². The summed E-state index contributed by atoms with van der Waals surface area (Å²) in [6.07, 6.45) is -2.60. The molecule has 14 nitrogen and oxygen atoms in total. The summed E-state index contributed by atoms with van der Waals surface area (Å²) in [6.45, 7) is 9.85. The molecule has 5 heterocycles. The summed E-state index contributed by atoms with van der Waals surface area (Å²) < 4.78 is 18.7. The second-order valence-corrected chi connectivity index (χ2v) is 12.6. The standard InChI is InChI=1S/C26H36N4O10/c1-12(2)23(36)17(38-16(32)14-7-6-10-28-14)25(30-29-18(27)33)19(4)11-22(35)20(23,5)26(37,40-25)24(39-22)15(31)13(3)8-9-21(19,24)34/h6-7,10,12,15,17,28,30-31,34-37H,3,8-9,11H2,1-2,4-5H3,(H3,27,29,33)/t15-,17-,19+,20+,21+,22+,23-,24-,25+,26-/m1/s1. The number of primary amides is 1. The number of esters is 1. The number of H-pyrrole nitrogens is 1. The van der Waals surface area contributed by atoms with Gasteiger partial charge >= 0.3 is 12.0 Å². The van der Waals surface area contributed by atoms with Crippen molar-refractivity contribution in [3.8, 4) is 0 Å². The number of aliphatic hydroxyl groups is 5. The van der Waals surface area contributed by atoms with E-state index in [4.69, 9.17) is 19.9 Å². The molecule has 1 saturated carbocycles. The van der Waals surface area contributed by atoms with E-state index in [0.29, 0.717) is 0 Å². The third-order valence-corrected chi connectivity index (χ3v) is 11.0. The van der Waals surface area contributed by atoms with Crippen LogP contribution in [0.25, 0.3) is 0 Å². The number of nitrogens with two attached hydrogens (primary N) is 1. The Morgan fingerprint density at radius 2 is 1.90 bits per heavy atom. The van der Waals surface area contributed by atoms with E-state index in [2.05, 4.69) is 22.4 Å². The van der Waals surface area contributed by atoms with Crippen LogP contribution in [0.15, 0.2) is 30.5 Å². The quantitative estimate of drug-likeness (QED) is 0.118. The number of hydrazine groups is 1. The minimum atomic E-state index is -2.86. The minimum Gasteiger partial charge on any atom is -0.450 e. The van der Waals surface area contributed by atoms with Crippen molar-refractivity contribution in [1.82, 2.24) is 15.8 Å². The number of rotatable bonds is 5. The highest BCUT2D eigenvalue weighted by atomic mass is 16.8. The lowest BCUT2D eigenvalue weighted by Gasteiger charge is -2.75. The lowest BCUT2D eigenvalue weighted by atomic mass is 9.43. The number of urea groups is 1. The zero-order valence-corrected chi connectivity index (χ0v) is 22.6. The lowest BCUT2D eigenvalue weighted by molar-refractivity contribution is -0.521. The average molecular weight is 565 g/mol. The normalized spacial score (nSPS) is 52.1. The van der Waals surface area contributed by atoms with Crippen LogP contribution < -0.4 is 16.6 Å². The van der Waals surface area contributed by atoms with Crippen LogP contribution in [0, 0.1) is 16.7 Å². The zero-order valence-electron chi connectivity index (χ0n) is 22.6. The smallest absolute Gasteiger partial charge is 0.355 e. The van der Waals surface area contributed by atoms with Crippen LogP contribution in [-0.2, 0) is 14.2 Å². The largest absolute Gasteiger partial charge is 0.450 e. The molecule has 0 radical (unpaired) electrons. The van der Waals surface area contributed by atoms with Crippen LogP contribution in [0.3, 0.4) is 0 Å². The van der Waals surface area contributed by atoms with Crippen LogP contribution in [0.1, 0.15) is 57.4 Å². The number of hydrogen-bond acceptors (Lipinski definition) is 11. The van der Waals surface area contributed by atoms with Gasteiger partial charge in [0.15, 0.2) is 23.2 Å². The third-order valence-electron chi connectivity index (χ3n) is 11.0. The number of carbonyl (C=O) groups excluding carboxylic acids is 2. The predicted molar refractivity (Wildman–Crippen MR) is 133 cm³/mol. The van der Waals surface area contributed by atoms with Crippen molar-refractivity contribution >= 4 is 12.0 Å². The number of hydrogen-bond donors (Lipinski definition) is 9. The van der Waals surface area contributed by atoms with Crippen molar-refractivity contribution in [3.05, 3.63) is 36.2 Å². The molecule has 10 N–H and O–H groups in total. The monoisotopic (exact) mass is 564 g/mol. The number of aliphatic hydroxyl groups excluding tert-OH is 1. The molecule has 0 unspecified atom stereocenters. The van der Waals surface area contributed by atoms with Crippen molar-refractivity contribution in [3.63, 3.8) is 0 Å². The van der Waals surface area contributed by atoms with E-state index >= 15 is 0 Å². The fourth-order valence-electron chi connectivity index (χ4n) is 8.91. The van der Waals surface area contributed by atoms with E-state index in [1.807, 2.05) is 0 Å². The van der Waals surface area contributed by atoms with Crippen molar-refractivity contribution < 1.29 is 49.3 Å². The highest BCUT2D eigenvalue weighted by Crippen LogP contribution is 2.84. The summed E-state index contributed by atoms with van der Waals surface area (Å²) in [5.74, 6) is -7.15. The summed E-state index contributed by atoms with van der Waals surface area (Å²) in [4.78, 5) is 28.2. The Morgan fingerprint density at radius 1 is 1.23 bits per heavy atom. The molecule has 0 aromatic carbocycles. The van der Waals surface area contributed by atoms with Crippen molar-refractivity contribution in [1.29, 1.82) is 0 Å². The number of aromatic nitrogens is 1. The second kappa shape index (κ2) is 7.44. The predicted octanol–water partition coefficient (Wildman–Crippen LogP) is -1.16. The van der Waals surface area contributed by atoms with Crippen LogP contribution in [0.5, 0.6) is 0 Å². The van der Waals surface area contributed by atoms with Gasteiger partial charge in [0.25, 0.3) is 0 Å². The van der Waals surface area contributed by atoms with E-state index in [0.717, 1.165) is 0 Å². The van der Waals surface area contributed by atoms with E-state index < -0.39 is 81.5 Å². The van der Waals surface area contributed by atoms with Gasteiger partial charge in [0, 0.05) is 12.6 Å². The van der Waals surface area contributed by atoms with Gasteiger partial charge in [0.05, 0.1) is 5.41 Å². The Kier molecular flexibility index (Phi) is 5.13. The van der Waals surface area contributed by atoms with Gasteiger partial charge in [-0.25, -0.2) is 9.59 Å². The molecule has 40 heavy (non-hydrogen) atoms. The fraction of sp³-hybridized carbons (Fsp3) is 0.692. The molecular weight excluding hydrogens is 528 g/mol. The summed E-state index contributed by atoms with van der Waals surface area (Å²) in [5.41, 5.74) is -3.04. The van der Waals surface area contributed by atoms with E-state index in [1.165, 1.54) is 26.1 Å². The summed E-state index contributed by atoms with van der Waals surface area (Å²) >= 11 is 0. The molecule has 14 heteroatoms. The van der Waals surface area contributed by atoms with Crippen LogP contribution in [0.4, 0.5) is 4.79 Å². The molecule has 1 spiro atoms. The van der Waals surface area contributed by atoms with Gasteiger partial charge < -0.3 is 50.5 Å². The van der Waals surface area contributed by atoms with E-state index in [9.17, 15) is 35.1 Å². The highest BCUT2D eigenvalue weighted by Gasteiger charge is 3.04. The molecule has 1 aromatic heterocycles. The molecule has 2 amide bonds. The molecule has 1 aromatic rings. The van der Waals surface area contributed by atoms with E-state index in [-0.39, 0.29) is 24.1 Å². The first-order valence-corrected chi connectivity index (χ1v) is 13.2. The highest BCUT2D eigenvalue weighted by molar-refractivity contribution is 5.87. The molecule has 4 saturated heterocycles. The molecule has 10 atom stereocenters. The topological polar surface area (TPSA) is 229 Å². The SMILES string of the molecule is C=C1CC[C@]2(O)[C@]3(C)C[C@]4(O)O[C@@]2([C@@H]1O)[C@]1(O)O[C@@]3(NNC(N)=O)[C@H](OC(=O)c2ccc[nH]2)[C@](O)(C(C)C)[C@@]14C. The van der Waals surface area contributed by atoms with Crippen molar-refractivity contribution in [2.75, 3.05) is 0 Å². The van der Waals surface area contributed by atoms with Gasteiger partial charge in [-0.2, -0.15) is 5.43 Å². The number of ether oxygens (including phenoxy) is 3. The van der Waals surface area contributed by atoms with Gasteiger partial charge in [-0.15, -0.1) is 0 Å². The second-order valence-electron chi connectivity index (χ2n) is 12.6. The Labute approximate surface area is 229 Å². The Balaban J connectivity index is 1.72. The number of fused-ring (bicyclic) bond motifs is 4. The Hall–Kier alpha value is -2.56. The summed E-state index contributed by atoms with van der Waals surface area (Å²) in [6, 6.07) is 1.91.